The van der Waals surface area contributed by atoms with E-state index in [9.17, 15) is 9.90 Å². The van der Waals surface area contributed by atoms with Gasteiger partial charge in [0.25, 0.3) is 0 Å². The Balaban J connectivity index is 1.39. The van der Waals surface area contributed by atoms with Crippen LogP contribution in [-0.4, -0.2) is 17.1 Å². The maximum Gasteiger partial charge on any atom is 0.308 e. The lowest BCUT2D eigenvalue weighted by atomic mass is 9.84. The zero-order chi connectivity index (χ0) is 14.6. The molecule has 6 unspecified atom stereocenters. The third-order valence-corrected chi connectivity index (χ3v) is 5.87. The van der Waals surface area contributed by atoms with E-state index in [0.717, 1.165) is 30.3 Å². The fourth-order valence-corrected chi connectivity index (χ4v) is 4.57. The minimum atomic E-state index is -0.633. The van der Waals surface area contributed by atoms with E-state index in [1.54, 1.807) is 0 Å². The number of nitrogens with one attached hydrogen (secondary N) is 1. The molecule has 3 fully saturated rings. The first kappa shape index (κ1) is 13.4. The van der Waals surface area contributed by atoms with E-state index in [0.29, 0.717) is 24.3 Å². The van der Waals surface area contributed by atoms with Crippen LogP contribution in [0.15, 0.2) is 16.5 Å². The molecular formula is C17H23NO3. The molecule has 114 valence electrons. The van der Waals surface area contributed by atoms with Gasteiger partial charge in [0.1, 0.15) is 11.5 Å². The van der Waals surface area contributed by atoms with Gasteiger partial charge in [0.05, 0.1) is 12.5 Å². The molecule has 1 heterocycles. The highest BCUT2D eigenvalue weighted by Gasteiger charge is 2.50. The Kier molecular flexibility index (Phi) is 3.10. The Morgan fingerprint density at radius 3 is 2.81 bits per heavy atom. The van der Waals surface area contributed by atoms with Crippen LogP contribution in [0.4, 0.5) is 0 Å². The van der Waals surface area contributed by atoms with Crippen molar-refractivity contribution in [3.63, 3.8) is 0 Å². The van der Waals surface area contributed by atoms with Gasteiger partial charge < -0.3 is 14.8 Å². The van der Waals surface area contributed by atoms with Crippen molar-refractivity contribution in [1.82, 2.24) is 5.32 Å². The lowest BCUT2D eigenvalue weighted by Crippen LogP contribution is -2.43. The molecule has 1 aromatic heterocycles. The third kappa shape index (κ3) is 2.30. The number of hydrogen-bond acceptors (Lipinski definition) is 3. The molecule has 0 spiro atoms. The number of carbonyl (C=O) groups is 1. The van der Waals surface area contributed by atoms with Crippen LogP contribution >= 0.6 is 0 Å². The minimum Gasteiger partial charge on any atom is -0.481 e. The van der Waals surface area contributed by atoms with Gasteiger partial charge in [-0.05, 0) is 55.6 Å². The fourth-order valence-electron chi connectivity index (χ4n) is 4.57. The smallest absolute Gasteiger partial charge is 0.308 e. The first-order chi connectivity index (χ1) is 10.1. The second-order valence-electron chi connectivity index (χ2n) is 7.23. The number of rotatable bonds is 5. The largest absolute Gasteiger partial charge is 0.481 e. The SMILES string of the molecule is CC1CC1c1ccc(CNC2C3CCC(C3)C2C(=O)O)o1. The van der Waals surface area contributed by atoms with E-state index in [2.05, 4.69) is 18.3 Å². The lowest BCUT2D eigenvalue weighted by molar-refractivity contribution is -0.144. The van der Waals surface area contributed by atoms with Crippen molar-refractivity contribution >= 4 is 5.97 Å². The van der Waals surface area contributed by atoms with Crippen LogP contribution in [0.5, 0.6) is 0 Å². The first-order valence-electron chi connectivity index (χ1n) is 8.18. The molecule has 3 saturated carbocycles. The second kappa shape index (κ2) is 4.87. The van der Waals surface area contributed by atoms with Crippen molar-refractivity contribution in [3.8, 4) is 0 Å². The Hall–Kier alpha value is -1.29. The highest BCUT2D eigenvalue weighted by molar-refractivity contribution is 5.72. The number of carboxylic acids is 1. The van der Waals surface area contributed by atoms with Gasteiger partial charge in [-0.3, -0.25) is 4.79 Å². The molecule has 0 radical (unpaired) electrons. The summed E-state index contributed by atoms with van der Waals surface area (Å²) in [5.74, 6) is 3.47. The van der Waals surface area contributed by atoms with Crippen molar-refractivity contribution in [1.29, 1.82) is 0 Å². The van der Waals surface area contributed by atoms with Gasteiger partial charge in [0, 0.05) is 12.0 Å². The van der Waals surface area contributed by atoms with Gasteiger partial charge in [0.15, 0.2) is 0 Å². The zero-order valence-electron chi connectivity index (χ0n) is 12.4. The number of hydrogen-bond donors (Lipinski definition) is 2. The van der Waals surface area contributed by atoms with Crippen LogP contribution in [0, 0.1) is 23.7 Å². The summed E-state index contributed by atoms with van der Waals surface area (Å²) in [6, 6.07) is 4.24. The van der Waals surface area contributed by atoms with E-state index in [4.69, 9.17) is 4.42 Å². The summed E-state index contributed by atoms with van der Waals surface area (Å²) in [5, 5.41) is 12.9. The summed E-state index contributed by atoms with van der Waals surface area (Å²) in [6.07, 6.45) is 4.57. The maximum absolute atomic E-state index is 11.5. The van der Waals surface area contributed by atoms with Crippen molar-refractivity contribution in [3.05, 3.63) is 23.7 Å². The molecule has 4 nitrogen and oxygen atoms in total. The van der Waals surface area contributed by atoms with Crippen LogP contribution in [0.25, 0.3) is 0 Å². The van der Waals surface area contributed by atoms with E-state index in [-0.39, 0.29) is 12.0 Å². The standard InChI is InChI=1S/C17H23NO3/c1-9-6-13(9)14-5-4-12(21-14)8-18-16-11-3-2-10(7-11)15(16)17(19)20/h4-5,9-11,13,15-16,18H,2-3,6-8H2,1H3,(H,19,20). The monoisotopic (exact) mass is 289 g/mol. The van der Waals surface area contributed by atoms with Crippen LogP contribution in [0.2, 0.25) is 0 Å². The number of carboxylic acid groups (broad SMARTS) is 1. The molecule has 21 heavy (non-hydrogen) atoms. The molecule has 0 aliphatic heterocycles. The lowest BCUT2D eigenvalue weighted by Gasteiger charge is -2.28. The minimum absolute atomic E-state index is 0.120. The molecule has 3 aliphatic rings. The fraction of sp³-hybridized carbons (Fsp3) is 0.706. The number of aliphatic carboxylic acids is 1. The van der Waals surface area contributed by atoms with Crippen molar-refractivity contribution in [2.45, 2.75) is 51.1 Å². The van der Waals surface area contributed by atoms with Crippen molar-refractivity contribution in [2.75, 3.05) is 0 Å². The molecular weight excluding hydrogens is 266 g/mol. The summed E-state index contributed by atoms with van der Waals surface area (Å²) in [7, 11) is 0. The summed E-state index contributed by atoms with van der Waals surface area (Å²) >= 11 is 0. The first-order valence-corrected chi connectivity index (χ1v) is 8.18. The Morgan fingerprint density at radius 2 is 2.10 bits per heavy atom. The van der Waals surface area contributed by atoms with Gasteiger partial charge in [-0.25, -0.2) is 0 Å². The van der Waals surface area contributed by atoms with Crippen LogP contribution < -0.4 is 5.32 Å². The summed E-state index contributed by atoms with van der Waals surface area (Å²) in [5.41, 5.74) is 0. The summed E-state index contributed by atoms with van der Waals surface area (Å²) in [6.45, 7) is 2.90. The van der Waals surface area contributed by atoms with Crippen LogP contribution in [0.3, 0.4) is 0 Å². The predicted molar refractivity (Wildman–Crippen MR) is 77.8 cm³/mol. The molecule has 2 N–H and O–H groups in total. The molecule has 4 heteroatoms. The molecule has 6 atom stereocenters. The Bertz CT molecular complexity index is 552. The average Bonchev–Trinajstić information content (AvgIpc) is 2.93. The topological polar surface area (TPSA) is 62.5 Å². The highest BCUT2D eigenvalue weighted by Crippen LogP contribution is 2.49. The average molecular weight is 289 g/mol. The highest BCUT2D eigenvalue weighted by atomic mass is 16.4. The summed E-state index contributed by atoms with van der Waals surface area (Å²) in [4.78, 5) is 11.5. The van der Waals surface area contributed by atoms with Crippen LogP contribution in [-0.2, 0) is 11.3 Å². The molecule has 1 aromatic rings. The van der Waals surface area contributed by atoms with E-state index in [1.165, 1.54) is 12.8 Å². The molecule has 3 aliphatic carbocycles. The molecule has 0 amide bonds. The quantitative estimate of drug-likeness (QED) is 0.874. The van der Waals surface area contributed by atoms with Gasteiger partial charge in [-0.2, -0.15) is 0 Å². The van der Waals surface area contributed by atoms with Crippen molar-refractivity contribution < 1.29 is 14.3 Å². The van der Waals surface area contributed by atoms with Gasteiger partial charge in [-0.15, -0.1) is 0 Å². The normalized spacial score (nSPS) is 40.6. The summed E-state index contributed by atoms with van der Waals surface area (Å²) < 4.78 is 5.90. The van der Waals surface area contributed by atoms with Gasteiger partial charge >= 0.3 is 5.97 Å². The van der Waals surface area contributed by atoms with E-state index in [1.807, 2.05) is 6.07 Å². The molecule has 0 aromatic carbocycles. The maximum atomic E-state index is 11.5. The van der Waals surface area contributed by atoms with Gasteiger partial charge in [0.2, 0.25) is 0 Å². The van der Waals surface area contributed by atoms with Crippen molar-refractivity contribution in [2.24, 2.45) is 23.7 Å². The third-order valence-electron chi connectivity index (χ3n) is 5.87. The second-order valence-corrected chi connectivity index (χ2v) is 7.23. The Morgan fingerprint density at radius 1 is 1.33 bits per heavy atom. The zero-order valence-corrected chi connectivity index (χ0v) is 12.4. The van der Waals surface area contributed by atoms with Crippen LogP contribution in [0.1, 0.15) is 50.0 Å². The predicted octanol–water partition coefficient (Wildman–Crippen LogP) is 2.99. The molecule has 2 bridgehead atoms. The van der Waals surface area contributed by atoms with E-state index >= 15 is 0 Å². The Labute approximate surface area is 124 Å². The molecule has 4 rings (SSSR count). The van der Waals surface area contributed by atoms with Gasteiger partial charge in [-0.1, -0.05) is 6.92 Å². The molecule has 0 saturated heterocycles. The number of furan rings is 1. The van der Waals surface area contributed by atoms with E-state index < -0.39 is 5.97 Å². The number of fused-ring (bicyclic) bond motifs is 2.